The molecule has 0 spiro atoms. The van der Waals surface area contributed by atoms with E-state index < -0.39 is 0 Å². The number of aromatic amines is 1. The molecule has 17 heavy (non-hydrogen) atoms. The Bertz CT molecular complexity index is 474. The number of benzene rings is 1. The zero-order chi connectivity index (χ0) is 11.5. The molecule has 6 heteroatoms. The Balaban J connectivity index is 1.79. The number of nitrogens with one attached hydrogen (secondary N) is 3. The molecule has 1 aromatic carbocycles. The molecule has 0 saturated carbocycles. The maximum atomic E-state index is 3.97. The molecule has 1 aliphatic rings. The SMILES string of the molecule is c1cc(NC2CCNC2)cc(-c2nn[nH]n2)c1. The van der Waals surface area contributed by atoms with Crippen molar-refractivity contribution in [2.75, 3.05) is 18.4 Å². The highest BCUT2D eigenvalue weighted by atomic mass is 15.5. The number of aromatic nitrogens is 4. The van der Waals surface area contributed by atoms with E-state index in [1.807, 2.05) is 18.2 Å². The summed E-state index contributed by atoms with van der Waals surface area (Å²) < 4.78 is 0. The lowest BCUT2D eigenvalue weighted by Crippen LogP contribution is -2.21. The number of nitrogens with zero attached hydrogens (tertiary/aromatic N) is 3. The van der Waals surface area contributed by atoms with Crippen molar-refractivity contribution < 1.29 is 0 Å². The minimum atomic E-state index is 0.510. The lowest BCUT2D eigenvalue weighted by Gasteiger charge is -2.13. The van der Waals surface area contributed by atoms with Gasteiger partial charge in [0.15, 0.2) is 0 Å². The predicted octanol–water partition coefficient (Wildman–Crippen LogP) is 0.640. The molecular weight excluding hydrogens is 216 g/mol. The van der Waals surface area contributed by atoms with Crippen molar-refractivity contribution in [1.82, 2.24) is 25.9 Å². The Hall–Kier alpha value is -1.95. The van der Waals surface area contributed by atoms with E-state index >= 15 is 0 Å². The molecule has 1 unspecified atom stereocenters. The second-order valence-electron chi connectivity index (χ2n) is 4.15. The molecule has 0 radical (unpaired) electrons. The molecule has 1 atom stereocenters. The van der Waals surface area contributed by atoms with E-state index in [4.69, 9.17) is 0 Å². The lowest BCUT2D eigenvalue weighted by molar-refractivity contribution is 0.793. The van der Waals surface area contributed by atoms with Crippen molar-refractivity contribution in [1.29, 1.82) is 0 Å². The second kappa shape index (κ2) is 4.50. The summed E-state index contributed by atoms with van der Waals surface area (Å²) in [6, 6.07) is 8.58. The lowest BCUT2D eigenvalue weighted by atomic mass is 10.1. The third-order valence-corrected chi connectivity index (χ3v) is 2.90. The van der Waals surface area contributed by atoms with Gasteiger partial charge in [-0.15, -0.1) is 10.2 Å². The first-order valence-electron chi connectivity index (χ1n) is 5.73. The largest absolute Gasteiger partial charge is 0.381 e. The predicted molar refractivity (Wildman–Crippen MR) is 64.5 cm³/mol. The maximum absolute atomic E-state index is 3.97. The van der Waals surface area contributed by atoms with Gasteiger partial charge in [0.2, 0.25) is 5.82 Å². The quantitative estimate of drug-likeness (QED) is 0.721. The van der Waals surface area contributed by atoms with Crippen LogP contribution in [0.15, 0.2) is 24.3 Å². The van der Waals surface area contributed by atoms with Crippen LogP contribution in [0.5, 0.6) is 0 Å². The average molecular weight is 230 g/mol. The van der Waals surface area contributed by atoms with Crippen molar-refractivity contribution in [2.45, 2.75) is 12.5 Å². The Morgan fingerprint density at radius 1 is 1.35 bits per heavy atom. The number of anilines is 1. The fourth-order valence-electron chi connectivity index (χ4n) is 2.05. The molecule has 88 valence electrons. The van der Waals surface area contributed by atoms with Gasteiger partial charge in [0.05, 0.1) is 0 Å². The zero-order valence-electron chi connectivity index (χ0n) is 9.35. The third kappa shape index (κ3) is 2.26. The second-order valence-corrected chi connectivity index (χ2v) is 4.15. The van der Waals surface area contributed by atoms with Gasteiger partial charge in [0.25, 0.3) is 0 Å². The molecule has 6 nitrogen and oxygen atoms in total. The number of H-pyrrole nitrogens is 1. The molecule has 1 aliphatic heterocycles. The molecule has 1 fully saturated rings. The molecule has 1 aromatic heterocycles. The molecule has 3 rings (SSSR count). The van der Waals surface area contributed by atoms with Crippen molar-refractivity contribution in [2.24, 2.45) is 0 Å². The van der Waals surface area contributed by atoms with Gasteiger partial charge >= 0.3 is 0 Å². The van der Waals surface area contributed by atoms with Gasteiger partial charge in [-0.05, 0) is 30.3 Å². The van der Waals surface area contributed by atoms with E-state index in [1.165, 1.54) is 0 Å². The van der Waals surface area contributed by atoms with Crippen LogP contribution in [-0.2, 0) is 0 Å². The summed E-state index contributed by atoms with van der Waals surface area (Å²) in [5.74, 6) is 0.623. The minimum Gasteiger partial charge on any atom is -0.381 e. The van der Waals surface area contributed by atoms with E-state index in [0.717, 1.165) is 30.8 Å². The summed E-state index contributed by atoms with van der Waals surface area (Å²) in [5, 5.41) is 20.8. The summed E-state index contributed by atoms with van der Waals surface area (Å²) in [6.07, 6.45) is 1.16. The van der Waals surface area contributed by atoms with Gasteiger partial charge < -0.3 is 10.6 Å². The Labute approximate surface area is 98.8 Å². The van der Waals surface area contributed by atoms with Gasteiger partial charge in [-0.1, -0.05) is 12.1 Å². The highest BCUT2D eigenvalue weighted by Gasteiger charge is 2.14. The molecule has 2 aromatic rings. The van der Waals surface area contributed by atoms with Gasteiger partial charge in [-0.2, -0.15) is 5.21 Å². The average Bonchev–Trinajstić information content (AvgIpc) is 3.01. The van der Waals surface area contributed by atoms with Crippen LogP contribution in [0.4, 0.5) is 5.69 Å². The first kappa shape index (κ1) is 10.2. The first-order chi connectivity index (χ1) is 8.42. The fourth-order valence-corrected chi connectivity index (χ4v) is 2.05. The van der Waals surface area contributed by atoms with Crippen LogP contribution in [0.1, 0.15) is 6.42 Å². The smallest absolute Gasteiger partial charge is 0.204 e. The number of tetrazole rings is 1. The van der Waals surface area contributed by atoms with Crippen molar-refractivity contribution in [3.8, 4) is 11.4 Å². The molecule has 3 N–H and O–H groups in total. The monoisotopic (exact) mass is 230 g/mol. The van der Waals surface area contributed by atoms with E-state index in [2.05, 4.69) is 37.3 Å². The first-order valence-corrected chi connectivity index (χ1v) is 5.73. The van der Waals surface area contributed by atoms with Gasteiger partial charge in [-0.3, -0.25) is 0 Å². The standard InChI is InChI=1S/C11H14N6/c1-2-8(11-14-16-17-15-11)6-9(3-1)13-10-4-5-12-7-10/h1-3,6,10,12-13H,4-5,7H2,(H,14,15,16,17). The van der Waals surface area contributed by atoms with Crippen LogP contribution in [0.25, 0.3) is 11.4 Å². The Kier molecular flexibility index (Phi) is 2.71. The summed E-state index contributed by atoms with van der Waals surface area (Å²) in [5.41, 5.74) is 2.07. The van der Waals surface area contributed by atoms with Gasteiger partial charge in [0.1, 0.15) is 0 Å². The topological polar surface area (TPSA) is 78.5 Å². The highest BCUT2D eigenvalue weighted by Crippen LogP contribution is 2.19. The van der Waals surface area contributed by atoms with Crippen molar-refractivity contribution in [3.63, 3.8) is 0 Å². The van der Waals surface area contributed by atoms with E-state index in [-0.39, 0.29) is 0 Å². The molecule has 0 bridgehead atoms. The van der Waals surface area contributed by atoms with E-state index in [9.17, 15) is 0 Å². The number of hydrogen-bond donors (Lipinski definition) is 3. The molecular formula is C11H14N6. The fraction of sp³-hybridized carbons (Fsp3) is 0.364. The molecule has 2 heterocycles. The van der Waals surface area contributed by atoms with E-state index in [0.29, 0.717) is 11.9 Å². The summed E-state index contributed by atoms with van der Waals surface area (Å²) >= 11 is 0. The van der Waals surface area contributed by atoms with Crippen LogP contribution in [0.3, 0.4) is 0 Å². The van der Waals surface area contributed by atoms with Crippen LogP contribution in [0, 0.1) is 0 Å². The van der Waals surface area contributed by atoms with Crippen molar-refractivity contribution >= 4 is 5.69 Å². The Morgan fingerprint density at radius 3 is 3.12 bits per heavy atom. The van der Waals surface area contributed by atoms with Crippen LogP contribution < -0.4 is 10.6 Å². The highest BCUT2D eigenvalue weighted by molar-refractivity contribution is 5.61. The van der Waals surface area contributed by atoms with Gasteiger partial charge in [-0.25, -0.2) is 0 Å². The summed E-state index contributed by atoms with van der Waals surface area (Å²) in [4.78, 5) is 0. The summed E-state index contributed by atoms with van der Waals surface area (Å²) in [7, 11) is 0. The van der Waals surface area contributed by atoms with Gasteiger partial charge in [0, 0.05) is 23.8 Å². The molecule has 0 aliphatic carbocycles. The zero-order valence-corrected chi connectivity index (χ0v) is 9.35. The number of hydrogen-bond acceptors (Lipinski definition) is 5. The van der Waals surface area contributed by atoms with E-state index in [1.54, 1.807) is 0 Å². The summed E-state index contributed by atoms with van der Waals surface area (Å²) in [6.45, 7) is 2.11. The Morgan fingerprint density at radius 2 is 2.35 bits per heavy atom. The molecule has 1 saturated heterocycles. The molecule has 0 amide bonds. The van der Waals surface area contributed by atoms with Crippen LogP contribution in [-0.4, -0.2) is 39.8 Å². The van der Waals surface area contributed by atoms with Crippen molar-refractivity contribution in [3.05, 3.63) is 24.3 Å². The van der Waals surface area contributed by atoms with Crippen LogP contribution >= 0.6 is 0 Å². The third-order valence-electron chi connectivity index (χ3n) is 2.90. The minimum absolute atomic E-state index is 0.510. The number of rotatable bonds is 3. The maximum Gasteiger partial charge on any atom is 0.204 e. The van der Waals surface area contributed by atoms with Crippen LogP contribution in [0.2, 0.25) is 0 Å². The normalized spacial score (nSPS) is 19.4.